The van der Waals surface area contributed by atoms with E-state index in [1.165, 1.54) is 11.1 Å². The van der Waals surface area contributed by atoms with E-state index in [1.54, 1.807) is 0 Å². The number of hydrogen-bond donors (Lipinski definition) is 2. The Hall–Kier alpha value is -3.37. The van der Waals surface area contributed by atoms with Crippen molar-refractivity contribution in [3.05, 3.63) is 106 Å². The zero-order chi connectivity index (χ0) is 22.0. The number of aromatic carboxylic acids is 1. The second kappa shape index (κ2) is 8.78. The molecular weight excluding hydrogens is 384 g/mol. The highest BCUT2D eigenvalue weighted by atomic mass is 16.4. The summed E-state index contributed by atoms with van der Waals surface area (Å²) in [6.07, 6.45) is 0. The average Bonchev–Trinajstić information content (AvgIpc) is 3.04. The SMILES string of the molecule is Cc1ccc2c(CNCc3ccccc3C)c(C(=O)O)n(Cc3ccccc3C)c2c1. The van der Waals surface area contributed by atoms with Gasteiger partial charge in [0, 0.05) is 36.1 Å². The fourth-order valence-electron chi connectivity index (χ4n) is 4.21. The Morgan fingerprint density at radius 3 is 2.16 bits per heavy atom. The Kier molecular flexibility index (Phi) is 5.92. The van der Waals surface area contributed by atoms with Crippen molar-refractivity contribution < 1.29 is 9.90 Å². The lowest BCUT2D eigenvalue weighted by Gasteiger charge is -2.12. The monoisotopic (exact) mass is 412 g/mol. The number of carboxylic acids is 1. The minimum absolute atomic E-state index is 0.362. The molecule has 0 saturated heterocycles. The van der Waals surface area contributed by atoms with E-state index < -0.39 is 5.97 Å². The molecule has 2 N–H and O–H groups in total. The van der Waals surface area contributed by atoms with E-state index in [4.69, 9.17) is 0 Å². The molecule has 1 heterocycles. The number of rotatable bonds is 7. The van der Waals surface area contributed by atoms with Crippen molar-refractivity contribution in [2.75, 3.05) is 0 Å². The minimum Gasteiger partial charge on any atom is -0.477 e. The molecule has 0 fully saturated rings. The lowest BCUT2D eigenvalue weighted by molar-refractivity contribution is 0.0684. The fraction of sp³-hybridized carbons (Fsp3) is 0.222. The van der Waals surface area contributed by atoms with Gasteiger partial charge in [0.05, 0.1) is 0 Å². The summed E-state index contributed by atoms with van der Waals surface area (Å²) in [5.74, 6) is -0.893. The summed E-state index contributed by atoms with van der Waals surface area (Å²) in [4.78, 5) is 12.4. The Bertz CT molecular complexity index is 1250. The molecule has 4 aromatic rings. The molecule has 31 heavy (non-hydrogen) atoms. The van der Waals surface area contributed by atoms with Crippen molar-refractivity contribution in [2.24, 2.45) is 0 Å². The van der Waals surface area contributed by atoms with Crippen LogP contribution in [0.3, 0.4) is 0 Å². The van der Waals surface area contributed by atoms with Gasteiger partial charge in [-0.3, -0.25) is 0 Å². The van der Waals surface area contributed by atoms with Crippen LogP contribution in [0.5, 0.6) is 0 Å². The molecule has 0 aliphatic carbocycles. The van der Waals surface area contributed by atoms with E-state index in [2.05, 4.69) is 61.6 Å². The van der Waals surface area contributed by atoms with Gasteiger partial charge in [-0.25, -0.2) is 4.79 Å². The van der Waals surface area contributed by atoms with Crippen molar-refractivity contribution in [1.29, 1.82) is 0 Å². The van der Waals surface area contributed by atoms with Crippen LogP contribution in [0.2, 0.25) is 0 Å². The quantitative estimate of drug-likeness (QED) is 0.415. The maximum Gasteiger partial charge on any atom is 0.352 e. The zero-order valence-corrected chi connectivity index (χ0v) is 18.3. The first kappa shape index (κ1) is 20.9. The molecule has 0 aliphatic heterocycles. The lowest BCUT2D eigenvalue weighted by atomic mass is 10.1. The molecule has 4 heteroatoms. The largest absolute Gasteiger partial charge is 0.477 e. The summed E-state index contributed by atoms with van der Waals surface area (Å²) in [6, 6.07) is 22.6. The maximum atomic E-state index is 12.4. The number of nitrogens with zero attached hydrogens (tertiary/aromatic N) is 1. The summed E-state index contributed by atoms with van der Waals surface area (Å²) < 4.78 is 1.96. The second-order valence-electron chi connectivity index (χ2n) is 8.20. The number of nitrogens with one attached hydrogen (secondary N) is 1. The van der Waals surface area contributed by atoms with E-state index in [0.717, 1.165) is 33.2 Å². The maximum absolute atomic E-state index is 12.4. The molecule has 1 aromatic heterocycles. The van der Waals surface area contributed by atoms with Crippen LogP contribution in [0.25, 0.3) is 10.9 Å². The number of aromatic nitrogens is 1. The Morgan fingerprint density at radius 2 is 1.52 bits per heavy atom. The molecule has 158 valence electrons. The Balaban J connectivity index is 1.75. The van der Waals surface area contributed by atoms with Crippen LogP contribution in [0.4, 0.5) is 0 Å². The van der Waals surface area contributed by atoms with Crippen molar-refractivity contribution in [3.8, 4) is 0 Å². The number of aryl methyl sites for hydroxylation is 3. The van der Waals surface area contributed by atoms with Crippen LogP contribution in [-0.4, -0.2) is 15.6 Å². The highest BCUT2D eigenvalue weighted by Crippen LogP contribution is 2.29. The number of carbonyl (C=O) groups is 1. The van der Waals surface area contributed by atoms with Gasteiger partial charge in [-0.1, -0.05) is 60.7 Å². The molecule has 0 spiro atoms. The summed E-state index contributed by atoms with van der Waals surface area (Å²) in [6.45, 7) is 7.93. The van der Waals surface area contributed by atoms with Gasteiger partial charge in [-0.2, -0.15) is 0 Å². The summed E-state index contributed by atoms with van der Waals surface area (Å²) in [5, 5.41) is 14.6. The van der Waals surface area contributed by atoms with Crippen LogP contribution in [-0.2, 0) is 19.6 Å². The van der Waals surface area contributed by atoms with Gasteiger partial charge in [0.15, 0.2) is 0 Å². The zero-order valence-electron chi connectivity index (χ0n) is 18.3. The number of hydrogen-bond acceptors (Lipinski definition) is 2. The topological polar surface area (TPSA) is 54.3 Å². The number of carboxylic acid groups (broad SMARTS) is 1. The van der Waals surface area contributed by atoms with Gasteiger partial charge in [-0.15, -0.1) is 0 Å². The van der Waals surface area contributed by atoms with E-state index in [1.807, 2.05) is 35.8 Å². The first-order valence-corrected chi connectivity index (χ1v) is 10.6. The van der Waals surface area contributed by atoms with E-state index in [-0.39, 0.29) is 0 Å². The smallest absolute Gasteiger partial charge is 0.352 e. The minimum atomic E-state index is -0.893. The van der Waals surface area contributed by atoms with Gasteiger partial charge < -0.3 is 15.0 Å². The number of benzene rings is 3. The van der Waals surface area contributed by atoms with Gasteiger partial charge >= 0.3 is 5.97 Å². The molecule has 0 saturated carbocycles. The van der Waals surface area contributed by atoms with Crippen molar-refractivity contribution in [1.82, 2.24) is 9.88 Å². The lowest BCUT2D eigenvalue weighted by Crippen LogP contribution is -2.17. The van der Waals surface area contributed by atoms with Crippen molar-refractivity contribution in [3.63, 3.8) is 0 Å². The summed E-state index contributed by atoms with van der Waals surface area (Å²) in [7, 11) is 0. The van der Waals surface area contributed by atoms with Gasteiger partial charge in [0.2, 0.25) is 0 Å². The predicted octanol–water partition coefficient (Wildman–Crippen LogP) is 5.60. The van der Waals surface area contributed by atoms with Gasteiger partial charge in [0.25, 0.3) is 0 Å². The van der Waals surface area contributed by atoms with Gasteiger partial charge in [0.1, 0.15) is 5.69 Å². The van der Waals surface area contributed by atoms with E-state index in [9.17, 15) is 9.90 Å². The average molecular weight is 413 g/mol. The highest BCUT2D eigenvalue weighted by molar-refractivity contribution is 5.98. The third-order valence-corrected chi connectivity index (χ3v) is 6.00. The Morgan fingerprint density at radius 1 is 0.871 bits per heavy atom. The van der Waals surface area contributed by atoms with Crippen LogP contribution in [0.15, 0.2) is 66.7 Å². The van der Waals surface area contributed by atoms with Crippen LogP contribution >= 0.6 is 0 Å². The number of fused-ring (bicyclic) bond motifs is 1. The van der Waals surface area contributed by atoms with Crippen LogP contribution in [0, 0.1) is 20.8 Å². The summed E-state index contributed by atoms with van der Waals surface area (Å²) >= 11 is 0. The molecule has 0 unspecified atom stereocenters. The van der Waals surface area contributed by atoms with Crippen LogP contribution < -0.4 is 5.32 Å². The Labute approximate surface area is 183 Å². The van der Waals surface area contributed by atoms with E-state index >= 15 is 0 Å². The predicted molar refractivity (Wildman–Crippen MR) is 126 cm³/mol. The van der Waals surface area contributed by atoms with Crippen molar-refractivity contribution in [2.45, 2.75) is 40.4 Å². The second-order valence-corrected chi connectivity index (χ2v) is 8.20. The first-order chi connectivity index (χ1) is 15.0. The molecule has 0 aliphatic rings. The van der Waals surface area contributed by atoms with Crippen LogP contribution in [0.1, 0.15) is 43.9 Å². The molecule has 0 amide bonds. The first-order valence-electron chi connectivity index (χ1n) is 10.6. The third-order valence-electron chi connectivity index (χ3n) is 6.00. The molecule has 4 rings (SSSR count). The molecule has 0 radical (unpaired) electrons. The van der Waals surface area contributed by atoms with Gasteiger partial charge in [-0.05, 0) is 54.7 Å². The standard InChI is InChI=1S/C27H28N2O2/c1-18-12-13-23-24(16-28-15-21-10-6-4-8-19(21)2)26(27(30)31)29(25(23)14-18)17-22-11-7-5-9-20(22)3/h4-14,28H,15-17H2,1-3H3,(H,30,31). The molecule has 4 nitrogen and oxygen atoms in total. The highest BCUT2D eigenvalue weighted by Gasteiger charge is 2.22. The molecule has 0 bridgehead atoms. The van der Waals surface area contributed by atoms with E-state index in [0.29, 0.717) is 25.3 Å². The fourth-order valence-corrected chi connectivity index (χ4v) is 4.21. The third kappa shape index (κ3) is 4.25. The molecule has 0 atom stereocenters. The van der Waals surface area contributed by atoms with Crippen molar-refractivity contribution >= 4 is 16.9 Å². The molecular formula is C27H28N2O2. The normalized spacial score (nSPS) is 11.2. The summed E-state index contributed by atoms with van der Waals surface area (Å²) in [5.41, 5.74) is 8.02. The molecule has 3 aromatic carbocycles.